The van der Waals surface area contributed by atoms with Gasteiger partial charge in [0, 0.05) is 16.0 Å². The molecule has 14 heavy (non-hydrogen) atoms. The Balaban J connectivity index is 2.42. The van der Waals surface area contributed by atoms with Gasteiger partial charge in [-0.2, -0.15) is 0 Å². The summed E-state index contributed by atoms with van der Waals surface area (Å²) in [5.74, 6) is 0. The van der Waals surface area contributed by atoms with Crippen molar-refractivity contribution in [3.8, 4) is 0 Å². The molecule has 0 radical (unpaired) electrons. The summed E-state index contributed by atoms with van der Waals surface area (Å²) < 4.78 is 1.03. The normalized spacial score (nSPS) is 10.5. The molecule has 0 spiro atoms. The summed E-state index contributed by atoms with van der Waals surface area (Å²) in [4.78, 5) is 0. The van der Waals surface area contributed by atoms with Gasteiger partial charge in [0.05, 0.1) is 0 Å². The van der Waals surface area contributed by atoms with Crippen LogP contribution in [0.1, 0.15) is 25.3 Å². The van der Waals surface area contributed by atoms with E-state index in [0.717, 1.165) is 28.1 Å². The lowest BCUT2D eigenvalue weighted by molar-refractivity contribution is 0.641. The lowest BCUT2D eigenvalue weighted by Gasteiger charge is -2.06. The number of hydrogen-bond donors (Lipinski definition) is 1. The van der Waals surface area contributed by atoms with Crippen LogP contribution in [-0.4, -0.2) is 6.54 Å². The molecule has 0 fully saturated rings. The van der Waals surface area contributed by atoms with Gasteiger partial charge >= 0.3 is 0 Å². The van der Waals surface area contributed by atoms with Gasteiger partial charge in [-0.1, -0.05) is 46.9 Å². The van der Waals surface area contributed by atoms with E-state index in [9.17, 15) is 0 Å². The van der Waals surface area contributed by atoms with Crippen molar-refractivity contribution in [3.05, 3.63) is 33.3 Å². The van der Waals surface area contributed by atoms with Crippen LogP contribution in [0.5, 0.6) is 0 Å². The van der Waals surface area contributed by atoms with Crippen LogP contribution in [0.2, 0.25) is 5.02 Å². The molecule has 0 atom stereocenters. The Morgan fingerprint density at radius 2 is 2.21 bits per heavy atom. The summed E-state index contributed by atoms with van der Waals surface area (Å²) in [6, 6.07) is 5.99. The van der Waals surface area contributed by atoms with Gasteiger partial charge in [0.2, 0.25) is 0 Å². The van der Waals surface area contributed by atoms with Gasteiger partial charge in [-0.15, -0.1) is 0 Å². The molecule has 0 unspecified atom stereocenters. The summed E-state index contributed by atoms with van der Waals surface area (Å²) in [7, 11) is 0. The van der Waals surface area contributed by atoms with Gasteiger partial charge < -0.3 is 5.32 Å². The smallest absolute Gasteiger partial charge is 0.0462 e. The monoisotopic (exact) mass is 275 g/mol. The first-order valence-corrected chi connectivity index (χ1v) is 6.05. The first kappa shape index (κ1) is 12.0. The highest BCUT2D eigenvalue weighted by Gasteiger charge is 1.99. The van der Waals surface area contributed by atoms with Crippen LogP contribution >= 0.6 is 27.5 Å². The number of nitrogens with one attached hydrogen (secondary N) is 1. The third-order valence-electron chi connectivity index (χ3n) is 2.04. The average molecular weight is 277 g/mol. The highest BCUT2D eigenvalue weighted by Crippen LogP contribution is 2.20. The fraction of sp³-hybridized carbons (Fsp3) is 0.455. The Morgan fingerprint density at radius 1 is 1.43 bits per heavy atom. The van der Waals surface area contributed by atoms with Crippen molar-refractivity contribution in [2.45, 2.75) is 26.3 Å². The molecule has 1 N–H and O–H groups in total. The third-order valence-corrected chi connectivity index (χ3v) is 2.88. The maximum atomic E-state index is 6.07. The van der Waals surface area contributed by atoms with E-state index in [2.05, 4.69) is 28.2 Å². The predicted octanol–water partition coefficient (Wildman–Crippen LogP) is 3.99. The third kappa shape index (κ3) is 3.99. The van der Waals surface area contributed by atoms with Gasteiger partial charge in [-0.25, -0.2) is 0 Å². The van der Waals surface area contributed by atoms with E-state index in [1.807, 2.05) is 18.2 Å². The Hall–Kier alpha value is -0.0500. The fourth-order valence-electron chi connectivity index (χ4n) is 1.19. The number of hydrogen-bond acceptors (Lipinski definition) is 1. The predicted molar refractivity (Wildman–Crippen MR) is 65.8 cm³/mol. The molecule has 0 amide bonds. The van der Waals surface area contributed by atoms with Gasteiger partial charge in [0.25, 0.3) is 0 Å². The Bertz CT molecular complexity index is 289. The molecule has 0 saturated carbocycles. The molecule has 78 valence electrons. The number of rotatable bonds is 5. The molecule has 0 saturated heterocycles. The zero-order valence-corrected chi connectivity index (χ0v) is 10.7. The minimum absolute atomic E-state index is 0.823. The Kier molecular flexibility index (Phi) is 5.53. The van der Waals surface area contributed by atoms with Crippen molar-refractivity contribution in [1.29, 1.82) is 0 Å². The quantitative estimate of drug-likeness (QED) is 0.802. The fourth-order valence-corrected chi connectivity index (χ4v) is 1.93. The van der Waals surface area contributed by atoms with Gasteiger partial charge in [-0.3, -0.25) is 0 Å². The zero-order valence-electron chi connectivity index (χ0n) is 8.32. The molecule has 3 heteroatoms. The van der Waals surface area contributed by atoms with Crippen molar-refractivity contribution in [2.75, 3.05) is 6.54 Å². The highest BCUT2D eigenvalue weighted by molar-refractivity contribution is 9.10. The van der Waals surface area contributed by atoms with Gasteiger partial charge in [-0.05, 0) is 30.7 Å². The van der Waals surface area contributed by atoms with Gasteiger partial charge in [0.15, 0.2) is 0 Å². The van der Waals surface area contributed by atoms with Crippen LogP contribution in [0.3, 0.4) is 0 Å². The molecule has 1 aromatic carbocycles. The van der Waals surface area contributed by atoms with E-state index in [1.165, 1.54) is 12.8 Å². The largest absolute Gasteiger partial charge is 0.313 e. The topological polar surface area (TPSA) is 12.0 Å². The Morgan fingerprint density at radius 3 is 2.86 bits per heavy atom. The minimum Gasteiger partial charge on any atom is -0.313 e. The zero-order chi connectivity index (χ0) is 10.4. The van der Waals surface area contributed by atoms with Crippen molar-refractivity contribution in [1.82, 2.24) is 5.32 Å². The average Bonchev–Trinajstić information content (AvgIpc) is 2.15. The first-order valence-electron chi connectivity index (χ1n) is 4.88. The van der Waals surface area contributed by atoms with Crippen LogP contribution < -0.4 is 5.32 Å². The van der Waals surface area contributed by atoms with E-state index in [1.54, 1.807) is 0 Å². The van der Waals surface area contributed by atoms with Crippen LogP contribution in [-0.2, 0) is 6.54 Å². The second-order valence-electron chi connectivity index (χ2n) is 3.27. The lowest BCUT2D eigenvalue weighted by Crippen LogP contribution is -2.14. The number of halogens is 2. The van der Waals surface area contributed by atoms with Crippen LogP contribution in [0.15, 0.2) is 22.7 Å². The lowest BCUT2D eigenvalue weighted by atomic mass is 10.2. The molecule has 0 heterocycles. The molecule has 0 aromatic heterocycles. The van der Waals surface area contributed by atoms with Crippen molar-refractivity contribution >= 4 is 27.5 Å². The van der Waals surface area contributed by atoms with Crippen molar-refractivity contribution in [2.24, 2.45) is 0 Å². The molecule has 0 bridgehead atoms. The molecule has 1 nitrogen and oxygen atoms in total. The molecule has 0 aliphatic rings. The maximum Gasteiger partial charge on any atom is 0.0462 e. The molecule has 0 aliphatic heterocycles. The van der Waals surface area contributed by atoms with E-state index in [-0.39, 0.29) is 0 Å². The van der Waals surface area contributed by atoms with E-state index in [0.29, 0.717) is 0 Å². The highest BCUT2D eigenvalue weighted by atomic mass is 79.9. The SMILES string of the molecule is CCCCNCc1ccc(Br)cc1Cl. The van der Waals surface area contributed by atoms with Crippen LogP contribution in [0.25, 0.3) is 0 Å². The molecular weight excluding hydrogens is 261 g/mol. The van der Waals surface area contributed by atoms with E-state index >= 15 is 0 Å². The summed E-state index contributed by atoms with van der Waals surface area (Å²) in [5, 5.41) is 4.19. The summed E-state index contributed by atoms with van der Waals surface area (Å²) in [6.45, 7) is 4.10. The standard InChI is InChI=1S/C11H15BrClN/c1-2-3-6-14-8-9-4-5-10(12)7-11(9)13/h4-5,7,14H,2-3,6,8H2,1H3. The van der Waals surface area contributed by atoms with Crippen molar-refractivity contribution < 1.29 is 0 Å². The number of benzene rings is 1. The van der Waals surface area contributed by atoms with Gasteiger partial charge in [0.1, 0.15) is 0 Å². The molecule has 1 rings (SSSR count). The first-order chi connectivity index (χ1) is 6.74. The van der Waals surface area contributed by atoms with E-state index in [4.69, 9.17) is 11.6 Å². The second kappa shape index (κ2) is 6.44. The maximum absolute atomic E-state index is 6.07. The van der Waals surface area contributed by atoms with Crippen LogP contribution in [0, 0.1) is 0 Å². The summed E-state index contributed by atoms with van der Waals surface area (Å²) in [6.07, 6.45) is 2.44. The van der Waals surface area contributed by atoms with Crippen LogP contribution in [0.4, 0.5) is 0 Å². The summed E-state index contributed by atoms with van der Waals surface area (Å²) >= 11 is 9.46. The van der Waals surface area contributed by atoms with Crippen molar-refractivity contribution in [3.63, 3.8) is 0 Å². The van der Waals surface area contributed by atoms with E-state index < -0.39 is 0 Å². The Labute approximate surface area is 99.0 Å². The number of unbranched alkanes of at least 4 members (excludes halogenated alkanes) is 1. The second-order valence-corrected chi connectivity index (χ2v) is 4.59. The molecular formula is C11H15BrClN. The molecule has 0 aliphatic carbocycles. The minimum atomic E-state index is 0.823. The summed E-state index contributed by atoms with van der Waals surface area (Å²) in [5.41, 5.74) is 1.16. The molecule has 1 aromatic rings.